The molecule has 0 radical (unpaired) electrons. The second kappa shape index (κ2) is 7.95. The van der Waals surface area contributed by atoms with E-state index in [2.05, 4.69) is 15.2 Å². The number of hydrogen-bond donors (Lipinski definition) is 1. The van der Waals surface area contributed by atoms with Gasteiger partial charge in [-0.25, -0.2) is 9.37 Å². The molecule has 1 fully saturated rings. The zero-order valence-corrected chi connectivity index (χ0v) is 14.3. The van der Waals surface area contributed by atoms with Crippen LogP contribution in [-0.2, 0) is 6.54 Å². The zero-order valence-electron chi connectivity index (χ0n) is 12.7. The summed E-state index contributed by atoms with van der Waals surface area (Å²) in [7, 11) is 0. The Bertz CT molecular complexity index is 646. The molecule has 124 valence electrons. The van der Waals surface area contributed by atoms with Crippen molar-refractivity contribution >= 4 is 28.6 Å². The summed E-state index contributed by atoms with van der Waals surface area (Å²) >= 11 is 7.19. The number of thiazole rings is 1. The molecule has 0 aliphatic carbocycles. The SMILES string of the molecule is Fc1cc(NCc2cnc(Cl)s2)ccc1OCCN1CCCC1. The number of nitrogens with one attached hydrogen (secondary N) is 1. The summed E-state index contributed by atoms with van der Waals surface area (Å²) in [6.45, 7) is 4.18. The zero-order chi connectivity index (χ0) is 16.1. The van der Waals surface area contributed by atoms with E-state index in [4.69, 9.17) is 16.3 Å². The van der Waals surface area contributed by atoms with Crippen LogP contribution in [0.5, 0.6) is 5.75 Å². The smallest absolute Gasteiger partial charge is 0.183 e. The van der Waals surface area contributed by atoms with Crippen LogP contribution in [0.15, 0.2) is 24.4 Å². The van der Waals surface area contributed by atoms with Gasteiger partial charge in [-0.05, 0) is 38.1 Å². The molecule has 2 heterocycles. The summed E-state index contributed by atoms with van der Waals surface area (Å²) in [6.07, 6.45) is 4.21. The molecule has 1 aliphatic heterocycles. The third kappa shape index (κ3) is 4.80. The third-order valence-corrected chi connectivity index (χ3v) is 4.90. The van der Waals surface area contributed by atoms with Crippen molar-refractivity contribution in [2.24, 2.45) is 0 Å². The molecular formula is C16H19ClFN3OS. The van der Waals surface area contributed by atoms with Crippen molar-refractivity contribution in [3.63, 3.8) is 0 Å². The number of nitrogens with zero attached hydrogens (tertiary/aromatic N) is 2. The highest BCUT2D eigenvalue weighted by molar-refractivity contribution is 7.15. The number of hydrogen-bond acceptors (Lipinski definition) is 5. The van der Waals surface area contributed by atoms with Crippen molar-refractivity contribution in [2.75, 3.05) is 31.6 Å². The molecule has 0 unspecified atom stereocenters. The first-order valence-electron chi connectivity index (χ1n) is 7.69. The van der Waals surface area contributed by atoms with Crippen LogP contribution in [0.2, 0.25) is 4.47 Å². The highest BCUT2D eigenvalue weighted by Gasteiger charge is 2.12. The van der Waals surface area contributed by atoms with E-state index in [0.717, 1.165) is 24.5 Å². The normalized spacial score (nSPS) is 15.0. The van der Waals surface area contributed by atoms with Gasteiger partial charge in [0.05, 0.1) is 6.54 Å². The molecule has 2 aromatic rings. The van der Waals surface area contributed by atoms with Crippen LogP contribution in [0.1, 0.15) is 17.7 Å². The molecule has 0 saturated carbocycles. The number of benzene rings is 1. The minimum Gasteiger partial charge on any atom is -0.489 e. The monoisotopic (exact) mass is 355 g/mol. The fourth-order valence-corrected chi connectivity index (χ4v) is 3.49. The molecule has 1 aromatic carbocycles. The van der Waals surface area contributed by atoms with Crippen molar-refractivity contribution in [1.29, 1.82) is 0 Å². The van der Waals surface area contributed by atoms with Crippen molar-refractivity contribution in [2.45, 2.75) is 19.4 Å². The van der Waals surface area contributed by atoms with Crippen LogP contribution in [-0.4, -0.2) is 36.1 Å². The number of rotatable bonds is 7. The summed E-state index contributed by atoms with van der Waals surface area (Å²) in [5, 5.41) is 3.15. The minimum atomic E-state index is -0.348. The molecule has 1 N–H and O–H groups in total. The molecule has 0 spiro atoms. The average Bonchev–Trinajstić information content (AvgIpc) is 3.19. The van der Waals surface area contributed by atoms with Crippen LogP contribution in [0, 0.1) is 5.82 Å². The van der Waals surface area contributed by atoms with Gasteiger partial charge in [0.15, 0.2) is 16.0 Å². The van der Waals surface area contributed by atoms with Crippen LogP contribution in [0.25, 0.3) is 0 Å². The van der Waals surface area contributed by atoms with Gasteiger partial charge in [0.1, 0.15) is 6.61 Å². The summed E-state index contributed by atoms with van der Waals surface area (Å²) in [6, 6.07) is 4.94. The van der Waals surface area contributed by atoms with Crippen molar-refractivity contribution in [1.82, 2.24) is 9.88 Å². The Morgan fingerprint density at radius 3 is 2.87 bits per heavy atom. The van der Waals surface area contributed by atoms with Crippen molar-refractivity contribution in [3.8, 4) is 5.75 Å². The summed E-state index contributed by atoms with van der Waals surface area (Å²) in [5.74, 6) is -0.0469. The summed E-state index contributed by atoms with van der Waals surface area (Å²) < 4.78 is 20.1. The van der Waals surface area contributed by atoms with E-state index in [9.17, 15) is 4.39 Å². The minimum absolute atomic E-state index is 0.301. The van der Waals surface area contributed by atoms with Crippen molar-refractivity contribution in [3.05, 3.63) is 39.6 Å². The molecule has 7 heteroatoms. The molecule has 23 heavy (non-hydrogen) atoms. The van der Waals surface area contributed by atoms with Crippen LogP contribution < -0.4 is 10.1 Å². The standard InChI is InChI=1S/C16H19ClFN3OS/c17-16-20-11-13(23-16)10-19-12-3-4-15(14(18)9-12)22-8-7-21-5-1-2-6-21/h3-4,9,11,19H,1-2,5-8,10H2. The maximum atomic E-state index is 14.1. The van der Waals surface area contributed by atoms with Gasteiger partial charge in [0, 0.05) is 29.4 Å². The molecule has 0 bridgehead atoms. The first kappa shape index (κ1) is 16.5. The Kier molecular flexibility index (Phi) is 5.70. The molecule has 4 nitrogen and oxygen atoms in total. The van der Waals surface area contributed by atoms with Gasteiger partial charge in [-0.2, -0.15) is 0 Å². The fraction of sp³-hybridized carbons (Fsp3) is 0.438. The summed E-state index contributed by atoms with van der Waals surface area (Å²) in [5.41, 5.74) is 0.707. The molecule has 0 amide bonds. The van der Waals surface area contributed by atoms with E-state index >= 15 is 0 Å². The predicted molar refractivity (Wildman–Crippen MR) is 92.0 cm³/mol. The van der Waals surface area contributed by atoms with Gasteiger partial charge >= 0.3 is 0 Å². The maximum absolute atomic E-state index is 14.1. The molecule has 1 saturated heterocycles. The van der Waals surface area contributed by atoms with E-state index in [0.29, 0.717) is 29.1 Å². The van der Waals surface area contributed by atoms with E-state index in [1.54, 1.807) is 12.3 Å². The maximum Gasteiger partial charge on any atom is 0.183 e. The lowest BCUT2D eigenvalue weighted by molar-refractivity contribution is 0.231. The molecule has 3 rings (SSSR count). The molecule has 1 aromatic heterocycles. The van der Waals surface area contributed by atoms with Crippen LogP contribution >= 0.6 is 22.9 Å². The van der Waals surface area contributed by atoms with E-state index in [1.165, 1.54) is 30.2 Å². The number of ether oxygens (including phenoxy) is 1. The van der Waals surface area contributed by atoms with E-state index in [-0.39, 0.29) is 5.82 Å². The Morgan fingerprint density at radius 1 is 1.35 bits per heavy atom. The highest BCUT2D eigenvalue weighted by Crippen LogP contribution is 2.23. The Morgan fingerprint density at radius 2 is 2.17 bits per heavy atom. The van der Waals surface area contributed by atoms with E-state index < -0.39 is 0 Å². The van der Waals surface area contributed by atoms with Gasteiger partial charge in [-0.3, -0.25) is 4.90 Å². The predicted octanol–water partition coefficient (Wildman–Crippen LogP) is 4.02. The number of aromatic nitrogens is 1. The lowest BCUT2D eigenvalue weighted by Crippen LogP contribution is -2.25. The first-order valence-corrected chi connectivity index (χ1v) is 8.89. The second-order valence-electron chi connectivity index (χ2n) is 5.48. The Hall–Kier alpha value is -1.37. The molecule has 1 aliphatic rings. The van der Waals surface area contributed by atoms with Crippen molar-refractivity contribution < 1.29 is 9.13 Å². The van der Waals surface area contributed by atoms with E-state index in [1.807, 2.05) is 6.07 Å². The molecule has 0 atom stereocenters. The number of likely N-dealkylation sites (tertiary alicyclic amines) is 1. The lowest BCUT2D eigenvalue weighted by Gasteiger charge is -2.15. The fourth-order valence-electron chi connectivity index (χ4n) is 2.57. The van der Waals surface area contributed by atoms with Gasteiger partial charge in [-0.1, -0.05) is 11.6 Å². The second-order valence-corrected chi connectivity index (χ2v) is 7.17. The van der Waals surface area contributed by atoms with Gasteiger partial charge in [0.2, 0.25) is 0 Å². The summed E-state index contributed by atoms with van der Waals surface area (Å²) in [4.78, 5) is 7.32. The van der Waals surface area contributed by atoms with Gasteiger partial charge in [-0.15, -0.1) is 11.3 Å². The molecular weight excluding hydrogens is 337 g/mol. The van der Waals surface area contributed by atoms with Crippen LogP contribution in [0.3, 0.4) is 0 Å². The Labute approximate surface area is 144 Å². The topological polar surface area (TPSA) is 37.4 Å². The average molecular weight is 356 g/mol. The first-order chi connectivity index (χ1) is 11.2. The number of anilines is 1. The quantitative estimate of drug-likeness (QED) is 0.814. The Balaban J connectivity index is 1.48. The number of halogens is 2. The third-order valence-electron chi connectivity index (χ3n) is 3.79. The highest BCUT2D eigenvalue weighted by atomic mass is 35.5. The largest absolute Gasteiger partial charge is 0.489 e. The van der Waals surface area contributed by atoms with Gasteiger partial charge < -0.3 is 10.1 Å². The van der Waals surface area contributed by atoms with Crippen LogP contribution in [0.4, 0.5) is 10.1 Å². The lowest BCUT2D eigenvalue weighted by atomic mass is 10.3. The van der Waals surface area contributed by atoms with Gasteiger partial charge in [0.25, 0.3) is 0 Å².